The Morgan fingerprint density at radius 3 is 2.54 bits per heavy atom. The van der Waals surface area contributed by atoms with Crippen LogP contribution in [0, 0.1) is 13.8 Å². The molecule has 0 saturated carbocycles. The molecule has 2 aromatic rings. The standard InChI is InChI=1S/C16H18ClF3N6/c1-9-8-25(14-11(3)10(2)13(17)23-24-14)6-7-26(9)15-21-5-4-12(22-15)16(18,19)20/h4-5,9H,6-8H2,1-3H3/t9-/m1/s1. The van der Waals surface area contributed by atoms with Gasteiger partial charge in [-0.3, -0.25) is 0 Å². The van der Waals surface area contributed by atoms with Gasteiger partial charge in [0.15, 0.2) is 11.0 Å². The molecule has 0 spiro atoms. The Balaban J connectivity index is 1.80. The predicted octanol–water partition coefficient (Wildman–Crippen LogP) is 3.27. The van der Waals surface area contributed by atoms with Crippen molar-refractivity contribution in [1.29, 1.82) is 0 Å². The quantitative estimate of drug-likeness (QED) is 0.789. The third kappa shape index (κ3) is 3.53. The minimum atomic E-state index is -4.49. The second-order valence-electron chi connectivity index (χ2n) is 6.29. The van der Waals surface area contributed by atoms with Gasteiger partial charge in [0.05, 0.1) is 0 Å². The maximum absolute atomic E-state index is 12.9. The van der Waals surface area contributed by atoms with Crippen LogP contribution in [0.3, 0.4) is 0 Å². The molecular weight excluding hydrogens is 369 g/mol. The van der Waals surface area contributed by atoms with Crippen LogP contribution in [0.1, 0.15) is 23.7 Å². The van der Waals surface area contributed by atoms with E-state index in [-0.39, 0.29) is 12.0 Å². The van der Waals surface area contributed by atoms with Crippen LogP contribution in [-0.2, 0) is 6.18 Å². The monoisotopic (exact) mass is 386 g/mol. The van der Waals surface area contributed by atoms with Gasteiger partial charge < -0.3 is 9.80 Å². The molecule has 3 heterocycles. The van der Waals surface area contributed by atoms with Crippen LogP contribution >= 0.6 is 11.6 Å². The van der Waals surface area contributed by atoms with Gasteiger partial charge in [0.25, 0.3) is 0 Å². The molecule has 26 heavy (non-hydrogen) atoms. The summed E-state index contributed by atoms with van der Waals surface area (Å²) in [6.07, 6.45) is -3.35. The molecule has 1 saturated heterocycles. The van der Waals surface area contributed by atoms with Crippen LogP contribution in [0.4, 0.5) is 24.9 Å². The van der Waals surface area contributed by atoms with Crippen LogP contribution in [0.2, 0.25) is 5.15 Å². The Morgan fingerprint density at radius 1 is 1.15 bits per heavy atom. The smallest absolute Gasteiger partial charge is 0.351 e. The fourth-order valence-corrected chi connectivity index (χ4v) is 3.14. The number of piperazine rings is 1. The number of alkyl halides is 3. The van der Waals surface area contributed by atoms with E-state index < -0.39 is 11.9 Å². The van der Waals surface area contributed by atoms with Crippen molar-refractivity contribution in [2.75, 3.05) is 29.4 Å². The Labute approximate surface area is 154 Å². The number of nitrogens with zero attached hydrogens (tertiary/aromatic N) is 6. The van der Waals surface area contributed by atoms with Crippen molar-refractivity contribution < 1.29 is 13.2 Å². The van der Waals surface area contributed by atoms with E-state index >= 15 is 0 Å². The van der Waals surface area contributed by atoms with Crippen molar-refractivity contribution in [3.05, 3.63) is 34.2 Å². The molecule has 1 aliphatic rings. The zero-order valence-corrected chi connectivity index (χ0v) is 15.3. The van der Waals surface area contributed by atoms with Crippen molar-refractivity contribution in [2.45, 2.75) is 33.0 Å². The summed E-state index contributed by atoms with van der Waals surface area (Å²) in [5.41, 5.74) is 0.876. The molecular formula is C16H18ClF3N6. The molecule has 1 aliphatic heterocycles. The summed E-state index contributed by atoms with van der Waals surface area (Å²) in [7, 11) is 0. The lowest BCUT2D eigenvalue weighted by molar-refractivity contribution is -0.141. The zero-order chi connectivity index (χ0) is 19.1. The topological polar surface area (TPSA) is 58.0 Å². The number of halogens is 4. The normalized spacial score (nSPS) is 18.3. The molecule has 1 atom stereocenters. The summed E-state index contributed by atoms with van der Waals surface area (Å²) in [6.45, 7) is 7.34. The first-order valence-electron chi connectivity index (χ1n) is 8.09. The van der Waals surface area contributed by atoms with E-state index in [0.29, 0.717) is 24.8 Å². The van der Waals surface area contributed by atoms with Gasteiger partial charge in [-0.05, 0) is 38.0 Å². The number of hydrogen-bond donors (Lipinski definition) is 0. The van der Waals surface area contributed by atoms with E-state index in [9.17, 15) is 13.2 Å². The third-order valence-electron chi connectivity index (χ3n) is 4.56. The van der Waals surface area contributed by atoms with Crippen LogP contribution in [0.25, 0.3) is 0 Å². The molecule has 6 nitrogen and oxygen atoms in total. The summed E-state index contributed by atoms with van der Waals surface area (Å²) < 4.78 is 38.7. The fraction of sp³-hybridized carbons (Fsp3) is 0.500. The van der Waals surface area contributed by atoms with Gasteiger partial charge in [-0.25, -0.2) is 9.97 Å². The lowest BCUT2D eigenvalue weighted by Crippen LogP contribution is -2.53. The summed E-state index contributed by atoms with van der Waals surface area (Å²) in [5.74, 6) is 0.824. The van der Waals surface area contributed by atoms with Gasteiger partial charge >= 0.3 is 6.18 Å². The van der Waals surface area contributed by atoms with Crippen molar-refractivity contribution in [2.24, 2.45) is 0 Å². The molecule has 0 aromatic carbocycles. The second-order valence-corrected chi connectivity index (χ2v) is 6.65. The molecule has 10 heteroatoms. The maximum Gasteiger partial charge on any atom is 0.433 e. The molecule has 0 bridgehead atoms. The summed E-state index contributed by atoms with van der Waals surface area (Å²) in [5, 5.41) is 8.52. The SMILES string of the molecule is Cc1c(Cl)nnc(N2CCN(c3nccc(C(F)(F)F)n3)[C@H](C)C2)c1C. The highest BCUT2D eigenvalue weighted by atomic mass is 35.5. The van der Waals surface area contributed by atoms with Crippen LogP contribution < -0.4 is 9.80 Å². The summed E-state index contributed by atoms with van der Waals surface area (Å²) in [6, 6.07) is 0.782. The zero-order valence-electron chi connectivity index (χ0n) is 14.5. The van der Waals surface area contributed by atoms with Crippen LogP contribution in [0.5, 0.6) is 0 Å². The van der Waals surface area contributed by atoms with Crippen molar-refractivity contribution in [1.82, 2.24) is 20.2 Å². The molecule has 0 N–H and O–H groups in total. The lowest BCUT2D eigenvalue weighted by Gasteiger charge is -2.40. The van der Waals surface area contributed by atoms with E-state index in [1.165, 1.54) is 0 Å². The summed E-state index contributed by atoms with van der Waals surface area (Å²) >= 11 is 6.00. The Kier molecular flexibility index (Phi) is 4.92. The van der Waals surface area contributed by atoms with Crippen molar-refractivity contribution >= 4 is 23.4 Å². The lowest BCUT2D eigenvalue weighted by atomic mass is 10.1. The van der Waals surface area contributed by atoms with E-state index in [2.05, 4.69) is 25.1 Å². The second kappa shape index (κ2) is 6.86. The van der Waals surface area contributed by atoms with Gasteiger partial charge in [-0.2, -0.15) is 13.2 Å². The molecule has 0 radical (unpaired) electrons. The Hall–Kier alpha value is -2.16. The maximum atomic E-state index is 12.9. The number of aromatic nitrogens is 4. The van der Waals surface area contributed by atoms with Crippen molar-refractivity contribution in [3.63, 3.8) is 0 Å². The third-order valence-corrected chi connectivity index (χ3v) is 4.92. The number of anilines is 2. The fourth-order valence-electron chi connectivity index (χ4n) is 2.96. The minimum absolute atomic E-state index is 0.0852. The molecule has 0 unspecified atom stereocenters. The number of hydrogen-bond acceptors (Lipinski definition) is 6. The summed E-state index contributed by atoms with van der Waals surface area (Å²) in [4.78, 5) is 11.5. The minimum Gasteiger partial charge on any atom is -0.351 e. The molecule has 1 fully saturated rings. The van der Waals surface area contributed by atoms with Gasteiger partial charge in [-0.15, -0.1) is 10.2 Å². The first-order valence-corrected chi connectivity index (χ1v) is 8.47. The van der Waals surface area contributed by atoms with E-state index in [1.54, 1.807) is 4.90 Å². The molecule has 0 amide bonds. The van der Waals surface area contributed by atoms with Gasteiger partial charge in [0.2, 0.25) is 5.95 Å². The van der Waals surface area contributed by atoms with Crippen LogP contribution in [-0.4, -0.2) is 45.8 Å². The van der Waals surface area contributed by atoms with E-state index in [0.717, 1.165) is 29.2 Å². The molecule has 2 aromatic heterocycles. The first-order chi connectivity index (χ1) is 12.2. The predicted molar refractivity (Wildman–Crippen MR) is 92.6 cm³/mol. The van der Waals surface area contributed by atoms with E-state index in [1.807, 2.05) is 20.8 Å². The number of rotatable bonds is 2. The average molecular weight is 387 g/mol. The molecule has 3 rings (SSSR count). The largest absolute Gasteiger partial charge is 0.433 e. The highest BCUT2D eigenvalue weighted by Crippen LogP contribution is 2.30. The highest BCUT2D eigenvalue weighted by molar-refractivity contribution is 6.30. The molecule has 0 aliphatic carbocycles. The Morgan fingerprint density at radius 2 is 1.88 bits per heavy atom. The Bertz CT molecular complexity index is 813. The highest BCUT2D eigenvalue weighted by Gasteiger charge is 2.34. The van der Waals surface area contributed by atoms with E-state index in [4.69, 9.17) is 11.6 Å². The molecule has 140 valence electrons. The van der Waals surface area contributed by atoms with Gasteiger partial charge in [-0.1, -0.05) is 11.6 Å². The van der Waals surface area contributed by atoms with Crippen molar-refractivity contribution in [3.8, 4) is 0 Å². The van der Waals surface area contributed by atoms with Crippen LogP contribution in [0.15, 0.2) is 12.3 Å². The first kappa shape index (κ1) is 18.6. The average Bonchev–Trinajstić information content (AvgIpc) is 2.59. The van der Waals surface area contributed by atoms with Gasteiger partial charge in [0.1, 0.15) is 5.69 Å². The van der Waals surface area contributed by atoms with Gasteiger partial charge in [0, 0.05) is 31.9 Å².